The maximum Gasteiger partial charge on any atom is 2.00 e. The van der Waals surface area contributed by atoms with Crippen molar-refractivity contribution in [3.63, 3.8) is 0 Å². The zero-order valence-electron chi connectivity index (χ0n) is 32.7. The minimum absolute atomic E-state index is 0. The molecule has 0 atom stereocenters. The summed E-state index contributed by atoms with van der Waals surface area (Å²) in [5.74, 6) is -2.25. The number of pyridine rings is 1. The molecule has 1 amide bonds. The molecular formula is C42H76MgN2O5. The molecule has 50 heavy (non-hydrogen) atoms. The Balaban J connectivity index is -0.000000699. The van der Waals surface area contributed by atoms with E-state index in [-0.39, 0.29) is 35.9 Å². The van der Waals surface area contributed by atoms with Crippen molar-refractivity contribution >= 4 is 40.9 Å². The Morgan fingerprint density at radius 2 is 0.760 bits per heavy atom. The molecule has 0 fully saturated rings. The van der Waals surface area contributed by atoms with E-state index < -0.39 is 17.8 Å². The molecule has 0 saturated heterocycles. The first-order chi connectivity index (χ1) is 23.8. The van der Waals surface area contributed by atoms with Gasteiger partial charge in [0.2, 0.25) is 5.91 Å². The number of nitrogens with zero attached hydrogens (tertiary/aromatic N) is 1. The molecular weight excluding hydrogens is 637 g/mol. The second-order valence-electron chi connectivity index (χ2n) is 13.7. The van der Waals surface area contributed by atoms with E-state index in [1.807, 2.05) is 0 Å². The minimum Gasteiger partial charge on any atom is -0.550 e. The van der Waals surface area contributed by atoms with Crippen molar-refractivity contribution in [3.8, 4) is 0 Å². The fourth-order valence-corrected chi connectivity index (χ4v) is 5.79. The van der Waals surface area contributed by atoms with E-state index in [0.717, 1.165) is 25.7 Å². The number of unbranched alkanes of at least 4 members (excludes halogenated alkanes) is 28. The Morgan fingerprint density at radius 3 is 0.940 bits per heavy atom. The van der Waals surface area contributed by atoms with Crippen LogP contribution in [-0.2, 0) is 9.59 Å². The molecule has 1 heterocycles. The second-order valence-corrected chi connectivity index (χ2v) is 13.7. The monoisotopic (exact) mass is 713 g/mol. The first-order valence-electron chi connectivity index (χ1n) is 20.4. The third kappa shape index (κ3) is 48.4. The maximum atomic E-state index is 10.4. The third-order valence-electron chi connectivity index (χ3n) is 8.91. The van der Waals surface area contributed by atoms with Crippen LogP contribution in [-0.4, -0.2) is 45.9 Å². The number of carbonyl (C=O) groups is 3. The molecule has 0 radical (unpaired) electrons. The Kier molecular flexibility index (Phi) is 47.8. The molecule has 0 saturated carbocycles. The van der Waals surface area contributed by atoms with Crippen LogP contribution in [0.5, 0.6) is 0 Å². The van der Waals surface area contributed by atoms with E-state index in [2.05, 4.69) is 18.8 Å². The quantitative estimate of drug-likeness (QED) is 0.0569. The summed E-state index contributed by atoms with van der Waals surface area (Å²) in [5.41, 5.74) is 5.38. The summed E-state index contributed by atoms with van der Waals surface area (Å²) in [6.45, 7) is 4.53. The van der Waals surface area contributed by atoms with Crippen molar-refractivity contribution in [2.45, 2.75) is 219 Å². The maximum absolute atomic E-state index is 10.4. The van der Waals surface area contributed by atoms with Crippen molar-refractivity contribution in [1.29, 1.82) is 0 Å². The Morgan fingerprint density at radius 1 is 0.500 bits per heavy atom. The van der Waals surface area contributed by atoms with Crippen LogP contribution in [0.1, 0.15) is 230 Å². The van der Waals surface area contributed by atoms with Gasteiger partial charge in [-0.1, -0.05) is 194 Å². The SMILES string of the molecule is CCCCCCCCCCCCCCCCCC(=O)[O-].CCCCCCCCCCCCCCCCCC(=O)[O-].NC(=O)c1cccnc1.[Mg+2]. The molecule has 0 unspecified atom stereocenters. The number of aliphatic carboxylic acids is 2. The molecule has 0 spiro atoms. The predicted octanol–water partition coefficient (Wildman–Crippen LogP) is 9.80. The van der Waals surface area contributed by atoms with Crippen molar-refractivity contribution in [3.05, 3.63) is 30.1 Å². The average Bonchev–Trinajstić information content (AvgIpc) is 3.09. The number of amides is 1. The zero-order chi connectivity index (χ0) is 36.5. The fraction of sp³-hybridized carbons (Fsp3) is 0.810. The number of nitrogens with two attached hydrogens (primary N) is 1. The molecule has 8 heteroatoms. The molecule has 0 aromatic carbocycles. The van der Waals surface area contributed by atoms with Crippen LogP contribution in [0.3, 0.4) is 0 Å². The topological polar surface area (TPSA) is 136 Å². The second kappa shape index (κ2) is 45.3. The van der Waals surface area contributed by atoms with Gasteiger partial charge in [0.15, 0.2) is 0 Å². The number of carboxylic acid groups (broad SMARTS) is 2. The van der Waals surface area contributed by atoms with Crippen molar-refractivity contribution in [2.24, 2.45) is 5.73 Å². The molecule has 7 nitrogen and oxygen atoms in total. The molecule has 1 aromatic heterocycles. The van der Waals surface area contributed by atoms with Crippen LogP contribution in [0.2, 0.25) is 0 Å². The van der Waals surface area contributed by atoms with Crippen LogP contribution in [0, 0.1) is 0 Å². The van der Waals surface area contributed by atoms with Gasteiger partial charge in [0.1, 0.15) is 0 Å². The molecule has 286 valence electrons. The van der Waals surface area contributed by atoms with Gasteiger partial charge in [-0.15, -0.1) is 0 Å². The van der Waals surface area contributed by atoms with Crippen LogP contribution in [0.4, 0.5) is 0 Å². The van der Waals surface area contributed by atoms with Gasteiger partial charge in [-0.25, -0.2) is 0 Å². The van der Waals surface area contributed by atoms with Crippen molar-refractivity contribution in [1.82, 2.24) is 4.98 Å². The smallest absolute Gasteiger partial charge is 0.550 e. The van der Waals surface area contributed by atoms with Gasteiger partial charge in [-0.3, -0.25) is 9.78 Å². The van der Waals surface area contributed by atoms with Gasteiger partial charge in [0.05, 0.1) is 5.56 Å². The summed E-state index contributed by atoms with van der Waals surface area (Å²) in [5, 5.41) is 20.4. The number of carbonyl (C=O) groups excluding carboxylic acids is 3. The molecule has 0 aliphatic heterocycles. The van der Waals surface area contributed by atoms with Crippen LogP contribution in [0.25, 0.3) is 0 Å². The van der Waals surface area contributed by atoms with E-state index in [4.69, 9.17) is 5.73 Å². The molecule has 2 N–H and O–H groups in total. The number of carboxylic acids is 2. The summed E-state index contributed by atoms with van der Waals surface area (Å²) >= 11 is 0. The van der Waals surface area contributed by atoms with E-state index in [1.54, 1.807) is 18.3 Å². The van der Waals surface area contributed by atoms with E-state index in [9.17, 15) is 24.6 Å². The van der Waals surface area contributed by atoms with Crippen molar-refractivity contribution < 1.29 is 24.6 Å². The van der Waals surface area contributed by atoms with Gasteiger partial charge in [0, 0.05) is 24.3 Å². The number of hydrogen-bond acceptors (Lipinski definition) is 6. The van der Waals surface area contributed by atoms with Crippen molar-refractivity contribution in [2.75, 3.05) is 0 Å². The number of aromatic nitrogens is 1. The van der Waals surface area contributed by atoms with E-state index in [0.29, 0.717) is 5.56 Å². The largest absolute Gasteiger partial charge is 2.00 e. The standard InChI is InChI=1S/2C18H36O2.C6H6N2O.Mg/c2*1-2-3-4-5-6-7-8-9-10-11-12-13-14-15-16-17-18(19)20;7-6(9)5-2-1-3-8-4-5;/h2*2-17H2,1H3,(H,19,20);1-4H,(H2,7,9);/q;;;+2/p-2. The summed E-state index contributed by atoms with van der Waals surface area (Å²) in [4.78, 5) is 34.5. The van der Waals surface area contributed by atoms with Gasteiger partial charge < -0.3 is 25.5 Å². The van der Waals surface area contributed by atoms with Crippen LogP contribution in [0.15, 0.2) is 24.5 Å². The van der Waals surface area contributed by atoms with Gasteiger partial charge in [0.25, 0.3) is 0 Å². The number of rotatable bonds is 33. The normalized spacial score (nSPS) is 10.3. The average molecular weight is 713 g/mol. The number of primary amides is 1. The predicted molar refractivity (Wildman–Crippen MR) is 208 cm³/mol. The summed E-state index contributed by atoms with van der Waals surface area (Å²) < 4.78 is 0. The Hall–Kier alpha value is -1.67. The first-order valence-corrected chi connectivity index (χ1v) is 20.4. The molecule has 0 aliphatic rings. The summed E-state index contributed by atoms with van der Waals surface area (Å²) in [6, 6.07) is 3.29. The van der Waals surface area contributed by atoms with E-state index in [1.165, 1.54) is 173 Å². The van der Waals surface area contributed by atoms with Crippen LogP contribution >= 0.6 is 0 Å². The summed E-state index contributed by atoms with van der Waals surface area (Å²) in [6.07, 6.45) is 42.7. The number of hydrogen-bond donors (Lipinski definition) is 1. The fourth-order valence-electron chi connectivity index (χ4n) is 5.79. The van der Waals surface area contributed by atoms with E-state index >= 15 is 0 Å². The molecule has 1 rings (SSSR count). The molecule has 0 bridgehead atoms. The van der Waals surface area contributed by atoms with Gasteiger partial charge in [-0.2, -0.15) is 0 Å². The Bertz CT molecular complexity index is 797. The zero-order valence-corrected chi connectivity index (χ0v) is 34.1. The van der Waals surface area contributed by atoms with Gasteiger partial charge in [-0.05, 0) is 37.8 Å². The first kappa shape index (κ1) is 52.7. The van der Waals surface area contributed by atoms with Crippen LogP contribution < -0.4 is 15.9 Å². The Labute approximate surface area is 324 Å². The third-order valence-corrected chi connectivity index (χ3v) is 8.91. The summed E-state index contributed by atoms with van der Waals surface area (Å²) in [7, 11) is 0. The molecule has 1 aromatic rings. The molecule has 0 aliphatic carbocycles. The van der Waals surface area contributed by atoms with Gasteiger partial charge >= 0.3 is 23.1 Å². The minimum atomic E-state index is -0.903.